The van der Waals surface area contributed by atoms with E-state index in [1.807, 2.05) is 0 Å². The second-order valence-corrected chi connectivity index (χ2v) is 8.67. The molecule has 1 fully saturated rings. The summed E-state index contributed by atoms with van der Waals surface area (Å²) in [6.45, 7) is 1.52. The quantitative estimate of drug-likeness (QED) is 0.678. The van der Waals surface area contributed by atoms with Crippen molar-refractivity contribution in [3.05, 3.63) is 53.6 Å². The third-order valence-corrected chi connectivity index (χ3v) is 6.85. The van der Waals surface area contributed by atoms with E-state index in [9.17, 15) is 13.2 Å². The molecular formula is C21H26N2O6S. The summed E-state index contributed by atoms with van der Waals surface area (Å²) in [6, 6.07) is 12.0. The highest BCUT2D eigenvalue weighted by Gasteiger charge is 2.28. The van der Waals surface area contributed by atoms with Crippen molar-refractivity contribution in [2.45, 2.75) is 17.9 Å². The fraction of sp³-hybridized carbons (Fsp3) is 0.381. The average molecular weight is 435 g/mol. The van der Waals surface area contributed by atoms with E-state index in [4.69, 9.17) is 14.2 Å². The standard InChI is InChI=1S/C21H26N2O6S/c1-27-18-8-7-16(13-19(18)28-2)14-21(24)22-15-17-5-3-4-6-20(17)30(25,26)23-9-11-29-12-10-23/h3-8,13H,9-12,14-15H2,1-2H3,(H,22,24). The number of nitrogens with one attached hydrogen (secondary N) is 1. The first kappa shape index (κ1) is 22.1. The van der Waals surface area contributed by atoms with Gasteiger partial charge in [-0.05, 0) is 29.3 Å². The molecule has 1 heterocycles. The van der Waals surface area contributed by atoms with Crippen molar-refractivity contribution in [2.75, 3.05) is 40.5 Å². The van der Waals surface area contributed by atoms with Crippen LogP contribution in [0, 0.1) is 0 Å². The number of methoxy groups -OCH3 is 2. The number of carbonyl (C=O) groups is 1. The van der Waals surface area contributed by atoms with Crippen LogP contribution < -0.4 is 14.8 Å². The highest BCUT2D eigenvalue weighted by atomic mass is 32.2. The van der Waals surface area contributed by atoms with E-state index >= 15 is 0 Å². The lowest BCUT2D eigenvalue weighted by atomic mass is 10.1. The van der Waals surface area contributed by atoms with Gasteiger partial charge < -0.3 is 19.5 Å². The molecule has 1 aliphatic heterocycles. The van der Waals surface area contributed by atoms with E-state index in [0.717, 1.165) is 5.56 Å². The Hall–Kier alpha value is -2.62. The molecule has 0 spiro atoms. The number of rotatable bonds is 8. The van der Waals surface area contributed by atoms with E-state index in [1.165, 1.54) is 11.4 Å². The number of amides is 1. The molecule has 3 rings (SSSR count). The van der Waals surface area contributed by atoms with Crippen LogP contribution in [0.4, 0.5) is 0 Å². The molecule has 0 atom stereocenters. The first-order valence-electron chi connectivity index (χ1n) is 9.59. The lowest BCUT2D eigenvalue weighted by molar-refractivity contribution is -0.120. The average Bonchev–Trinajstić information content (AvgIpc) is 2.78. The molecule has 9 heteroatoms. The van der Waals surface area contributed by atoms with Gasteiger partial charge in [0, 0.05) is 19.6 Å². The maximum Gasteiger partial charge on any atom is 0.243 e. The number of hydrogen-bond donors (Lipinski definition) is 1. The predicted octanol–water partition coefficient (Wildman–Crippen LogP) is 1.58. The molecular weight excluding hydrogens is 408 g/mol. The Kier molecular flexibility index (Phi) is 7.30. The molecule has 1 saturated heterocycles. The van der Waals surface area contributed by atoms with Crippen molar-refractivity contribution in [1.29, 1.82) is 0 Å². The number of hydrogen-bond acceptors (Lipinski definition) is 6. The van der Waals surface area contributed by atoms with Crippen LogP contribution in [0.15, 0.2) is 47.4 Å². The minimum absolute atomic E-state index is 0.117. The summed E-state index contributed by atoms with van der Waals surface area (Å²) >= 11 is 0. The first-order chi connectivity index (χ1) is 14.5. The van der Waals surface area contributed by atoms with E-state index in [-0.39, 0.29) is 23.8 Å². The Morgan fingerprint density at radius 1 is 1.07 bits per heavy atom. The fourth-order valence-corrected chi connectivity index (χ4v) is 4.89. The highest BCUT2D eigenvalue weighted by Crippen LogP contribution is 2.27. The van der Waals surface area contributed by atoms with Crippen molar-refractivity contribution < 1.29 is 27.4 Å². The molecule has 8 nitrogen and oxygen atoms in total. The van der Waals surface area contributed by atoms with E-state index in [1.54, 1.807) is 49.6 Å². The summed E-state index contributed by atoms with van der Waals surface area (Å²) in [4.78, 5) is 12.6. The van der Waals surface area contributed by atoms with Gasteiger partial charge in [-0.15, -0.1) is 0 Å². The molecule has 0 radical (unpaired) electrons. The van der Waals surface area contributed by atoms with Crippen LogP contribution in [0.1, 0.15) is 11.1 Å². The number of nitrogens with zero attached hydrogens (tertiary/aromatic N) is 1. The van der Waals surface area contributed by atoms with E-state index in [2.05, 4.69) is 5.32 Å². The van der Waals surface area contributed by atoms with Crippen molar-refractivity contribution in [2.24, 2.45) is 0 Å². The molecule has 1 amide bonds. The molecule has 0 saturated carbocycles. The molecule has 30 heavy (non-hydrogen) atoms. The van der Waals surface area contributed by atoms with Gasteiger partial charge in [0.2, 0.25) is 15.9 Å². The van der Waals surface area contributed by atoms with Crippen LogP contribution in [0.25, 0.3) is 0 Å². The van der Waals surface area contributed by atoms with Crippen molar-refractivity contribution >= 4 is 15.9 Å². The molecule has 0 unspecified atom stereocenters. The van der Waals surface area contributed by atoms with Gasteiger partial charge in [-0.2, -0.15) is 4.31 Å². The SMILES string of the molecule is COc1ccc(CC(=O)NCc2ccccc2S(=O)(=O)N2CCOCC2)cc1OC. The minimum atomic E-state index is -3.64. The Balaban J connectivity index is 1.68. The van der Waals surface area contributed by atoms with Crippen LogP contribution in [0.5, 0.6) is 11.5 Å². The number of sulfonamides is 1. The topological polar surface area (TPSA) is 94.2 Å². The minimum Gasteiger partial charge on any atom is -0.493 e. The summed E-state index contributed by atoms with van der Waals surface area (Å²) < 4.78 is 43.1. The van der Waals surface area contributed by atoms with Crippen LogP contribution in [-0.2, 0) is 32.5 Å². The van der Waals surface area contributed by atoms with Gasteiger partial charge in [0.1, 0.15) is 0 Å². The largest absolute Gasteiger partial charge is 0.493 e. The first-order valence-corrected chi connectivity index (χ1v) is 11.0. The number of carbonyl (C=O) groups excluding carboxylic acids is 1. The van der Waals surface area contributed by atoms with Crippen LogP contribution >= 0.6 is 0 Å². The van der Waals surface area contributed by atoms with Crippen LogP contribution in [0.2, 0.25) is 0 Å². The maximum atomic E-state index is 13.0. The van der Waals surface area contributed by atoms with Gasteiger partial charge in [0.05, 0.1) is 38.7 Å². The maximum absolute atomic E-state index is 13.0. The fourth-order valence-electron chi connectivity index (χ4n) is 3.26. The van der Waals surface area contributed by atoms with Crippen LogP contribution in [0.3, 0.4) is 0 Å². The van der Waals surface area contributed by atoms with Gasteiger partial charge in [-0.3, -0.25) is 4.79 Å². The summed E-state index contributed by atoms with van der Waals surface area (Å²) in [7, 11) is -0.561. The Morgan fingerprint density at radius 2 is 1.77 bits per heavy atom. The zero-order chi connectivity index (χ0) is 21.6. The Bertz CT molecular complexity index is 987. The van der Waals surface area contributed by atoms with Gasteiger partial charge in [0.15, 0.2) is 11.5 Å². The third-order valence-electron chi connectivity index (χ3n) is 4.85. The lowest BCUT2D eigenvalue weighted by Crippen LogP contribution is -2.41. The van der Waals surface area contributed by atoms with E-state index in [0.29, 0.717) is 43.4 Å². The lowest BCUT2D eigenvalue weighted by Gasteiger charge is -2.27. The van der Waals surface area contributed by atoms with Gasteiger partial charge in [-0.1, -0.05) is 24.3 Å². The van der Waals surface area contributed by atoms with Gasteiger partial charge >= 0.3 is 0 Å². The highest BCUT2D eigenvalue weighted by molar-refractivity contribution is 7.89. The molecule has 162 valence electrons. The number of ether oxygens (including phenoxy) is 3. The third kappa shape index (κ3) is 5.10. The Morgan fingerprint density at radius 3 is 2.47 bits per heavy atom. The predicted molar refractivity (Wildman–Crippen MR) is 111 cm³/mol. The summed E-state index contributed by atoms with van der Waals surface area (Å²) in [6.07, 6.45) is 0.138. The van der Waals surface area contributed by atoms with Gasteiger partial charge in [0.25, 0.3) is 0 Å². The van der Waals surface area contributed by atoms with Crippen molar-refractivity contribution in [1.82, 2.24) is 9.62 Å². The molecule has 2 aromatic rings. The second kappa shape index (κ2) is 9.92. The molecule has 1 aliphatic rings. The smallest absolute Gasteiger partial charge is 0.243 e. The summed E-state index contributed by atoms with van der Waals surface area (Å²) in [5, 5.41) is 2.81. The second-order valence-electron chi connectivity index (χ2n) is 6.77. The van der Waals surface area contributed by atoms with Crippen molar-refractivity contribution in [3.63, 3.8) is 0 Å². The van der Waals surface area contributed by atoms with Gasteiger partial charge in [-0.25, -0.2) is 8.42 Å². The van der Waals surface area contributed by atoms with Crippen LogP contribution in [-0.4, -0.2) is 59.2 Å². The molecule has 0 bridgehead atoms. The zero-order valence-corrected chi connectivity index (χ0v) is 17.9. The monoisotopic (exact) mass is 434 g/mol. The number of morpholine rings is 1. The zero-order valence-electron chi connectivity index (χ0n) is 17.1. The summed E-state index contributed by atoms with van der Waals surface area (Å²) in [5.74, 6) is 0.912. The molecule has 0 aromatic heterocycles. The van der Waals surface area contributed by atoms with Crippen molar-refractivity contribution in [3.8, 4) is 11.5 Å². The Labute approximate surface area is 176 Å². The molecule has 0 aliphatic carbocycles. The molecule has 1 N–H and O–H groups in total. The van der Waals surface area contributed by atoms with E-state index < -0.39 is 10.0 Å². The normalized spacial score (nSPS) is 14.9. The number of benzene rings is 2. The summed E-state index contributed by atoms with van der Waals surface area (Å²) in [5.41, 5.74) is 1.31. The molecule has 2 aromatic carbocycles.